The predicted molar refractivity (Wildman–Crippen MR) is 55.0 cm³/mol. The lowest BCUT2D eigenvalue weighted by atomic mass is 10.1. The Morgan fingerprint density at radius 2 is 2.25 bits per heavy atom. The van der Waals surface area contributed by atoms with E-state index in [0.717, 1.165) is 26.1 Å². The molecule has 0 bridgehead atoms. The molecule has 16 heavy (non-hydrogen) atoms. The summed E-state index contributed by atoms with van der Waals surface area (Å²) in [7, 11) is 0. The fraction of sp³-hybridized carbons (Fsp3) is 0.800. The molecular weight excluding hydrogens is 214 g/mol. The van der Waals surface area contributed by atoms with E-state index in [9.17, 15) is 9.59 Å². The quantitative estimate of drug-likeness (QED) is 0.624. The van der Waals surface area contributed by atoms with Crippen LogP contribution in [-0.2, 0) is 19.1 Å². The standard InChI is InChI=1S/C10H17NO5/c12-9(6-16-7-10(13)14)11-3-1-8-2-4-15-5-8/h8H,1-7H2,(H,11,12)(H,13,14). The predicted octanol–water partition coefficient (Wildman–Crippen LogP) is -0.370. The second-order valence-electron chi connectivity index (χ2n) is 3.75. The van der Waals surface area contributed by atoms with Crippen LogP contribution in [0.5, 0.6) is 0 Å². The fourth-order valence-corrected chi connectivity index (χ4v) is 1.51. The van der Waals surface area contributed by atoms with Crippen molar-refractivity contribution in [2.24, 2.45) is 5.92 Å². The number of nitrogens with one attached hydrogen (secondary N) is 1. The number of hydrogen-bond acceptors (Lipinski definition) is 4. The summed E-state index contributed by atoms with van der Waals surface area (Å²) < 4.78 is 9.85. The molecular formula is C10H17NO5. The zero-order valence-electron chi connectivity index (χ0n) is 9.11. The molecule has 0 radical (unpaired) electrons. The first-order valence-corrected chi connectivity index (χ1v) is 5.32. The van der Waals surface area contributed by atoms with Crippen LogP contribution in [0.4, 0.5) is 0 Å². The summed E-state index contributed by atoms with van der Waals surface area (Å²) in [6.45, 7) is 1.52. The zero-order valence-corrected chi connectivity index (χ0v) is 9.11. The number of rotatable bonds is 7. The maximum atomic E-state index is 11.1. The Labute approximate surface area is 93.9 Å². The van der Waals surface area contributed by atoms with Crippen LogP contribution in [0.1, 0.15) is 12.8 Å². The van der Waals surface area contributed by atoms with Crippen molar-refractivity contribution in [1.82, 2.24) is 5.32 Å². The first-order valence-electron chi connectivity index (χ1n) is 5.32. The molecule has 1 fully saturated rings. The number of carbonyl (C=O) groups excluding carboxylic acids is 1. The summed E-state index contributed by atoms with van der Waals surface area (Å²) in [5.41, 5.74) is 0. The average molecular weight is 231 g/mol. The van der Waals surface area contributed by atoms with Crippen molar-refractivity contribution in [3.8, 4) is 0 Å². The lowest BCUT2D eigenvalue weighted by molar-refractivity contribution is -0.143. The first-order chi connectivity index (χ1) is 7.68. The minimum Gasteiger partial charge on any atom is -0.480 e. The SMILES string of the molecule is O=C(O)COCC(=O)NCCC1CCOC1. The summed E-state index contributed by atoms with van der Waals surface area (Å²) in [4.78, 5) is 21.2. The van der Waals surface area contributed by atoms with Crippen LogP contribution in [0.2, 0.25) is 0 Å². The topological polar surface area (TPSA) is 84.9 Å². The molecule has 92 valence electrons. The third-order valence-electron chi connectivity index (χ3n) is 2.36. The maximum Gasteiger partial charge on any atom is 0.329 e. The first kappa shape index (κ1) is 12.9. The van der Waals surface area contributed by atoms with Crippen molar-refractivity contribution in [1.29, 1.82) is 0 Å². The van der Waals surface area contributed by atoms with Gasteiger partial charge in [-0.3, -0.25) is 4.79 Å². The van der Waals surface area contributed by atoms with Crippen LogP contribution in [0, 0.1) is 5.92 Å². The molecule has 1 saturated heterocycles. The molecule has 1 aliphatic heterocycles. The van der Waals surface area contributed by atoms with E-state index in [1.54, 1.807) is 0 Å². The van der Waals surface area contributed by atoms with Gasteiger partial charge in [-0.25, -0.2) is 4.79 Å². The molecule has 0 aromatic heterocycles. The van der Waals surface area contributed by atoms with Crippen LogP contribution in [-0.4, -0.2) is 50.0 Å². The highest BCUT2D eigenvalue weighted by Crippen LogP contribution is 2.14. The summed E-state index contributed by atoms with van der Waals surface area (Å²) in [5, 5.41) is 10.9. The van der Waals surface area contributed by atoms with Gasteiger partial charge in [-0.2, -0.15) is 0 Å². The van der Waals surface area contributed by atoms with E-state index in [-0.39, 0.29) is 12.5 Å². The van der Waals surface area contributed by atoms with Crippen LogP contribution in [0.25, 0.3) is 0 Å². The summed E-state index contributed by atoms with van der Waals surface area (Å²) >= 11 is 0. The lowest BCUT2D eigenvalue weighted by Crippen LogP contribution is -2.30. The van der Waals surface area contributed by atoms with Crippen LogP contribution in [0.3, 0.4) is 0 Å². The van der Waals surface area contributed by atoms with Crippen molar-refractivity contribution in [3.05, 3.63) is 0 Å². The molecule has 6 heteroatoms. The van der Waals surface area contributed by atoms with Crippen LogP contribution >= 0.6 is 0 Å². The van der Waals surface area contributed by atoms with Crippen molar-refractivity contribution in [2.75, 3.05) is 33.0 Å². The van der Waals surface area contributed by atoms with Gasteiger partial charge < -0.3 is 19.9 Å². The molecule has 1 aliphatic rings. The monoisotopic (exact) mass is 231 g/mol. The number of ether oxygens (including phenoxy) is 2. The number of carboxylic acid groups (broad SMARTS) is 1. The van der Waals surface area contributed by atoms with E-state index in [1.165, 1.54) is 0 Å². The van der Waals surface area contributed by atoms with Crippen molar-refractivity contribution in [3.63, 3.8) is 0 Å². The molecule has 0 aromatic carbocycles. The molecule has 0 saturated carbocycles. The Morgan fingerprint density at radius 3 is 2.88 bits per heavy atom. The van der Waals surface area contributed by atoms with Gasteiger partial charge in [-0.15, -0.1) is 0 Å². The summed E-state index contributed by atoms with van der Waals surface area (Å²) in [5.74, 6) is -0.823. The van der Waals surface area contributed by atoms with E-state index < -0.39 is 12.6 Å². The molecule has 1 unspecified atom stereocenters. The largest absolute Gasteiger partial charge is 0.480 e. The number of amides is 1. The molecule has 0 aromatic rings. The average Bonchev–Trinajstić information content (AvgIpc) is 2.70. The van der Waals surface area contributed by atoms with Gasteiger partial charge in [0.15, 0.2) is 0 Å². The molecule has 1 amide bonds. The normalized spacial score (nSPS) is 19.6. The van der Waals surface area contributed by atoms with Gasteiger partial charge in [0.2, 0.25) is 5.91 Å². The number of carboxylic acids is 1. The lowest BCUT2D eigenvalue weighted by Gasteiger charge is -2.08. The van der Waals surface area contributed by atoms with Crippen molar-refractivity contribution >= 4 is 11.9 Å². The smallest absolute Gasteiger partial charge is 0.329 e. The van der Waals surface area contributed by atoms with Crippen molar-refractivity contribution < 1.29 is 24.2 Å². The minimum absolute atomic E-state index is 0.201. The Kier molecular flexibility index (Phi) is 5.81. The Morgan fingerprint density at radius 1 is 1.44 bits per heavy atom. The van der Waals surface area contributed by atoms with Gasteiger partial charge in [-0.1, -0.05) is 0 Å². The molecule has 2 N–H and O–H groups in total. The molecule has 1 atom stereocenters. The van der Waals surface area contributed by atoms with E-state index >= 15 is 0 Å². The maximum absolute atomic E-state index is 11.1. The van der Waals surface area contributed by atoms with Gasteiger partial charge in [0, 0.05) is 19.8 Å². The van der Waals surface area contributed by atoms with E-state index in [1.807, 2.05) is 0 Å². The Hall–Kier alpha value is -1.14. The third kappa shape index (κ3) is 5.67. The van der Waals surface area contributed by atoms with E-state index in [4.69, 9.17) is 9.84 Å². The Balaban J connectivity index is 1.95. The fourth-order valence-electron chi connectivity index (χ4n) is 1.51. The highest BCUT2D eigenvalue weighted by molar-refractivity contribution is 5.77. The number of aliphatic carboxylic acids is 1. The summed E-state index contributed by atoms with van der Waals surface area (Å²) in [6.07, 6.45) is 1.94. The van der Waals surface area contributed by atoms with E-state index in [0.29, 0.717) is 12.5 Å². The molecule has 0 aliphatic carbocycles. The number of carbonyl (C=O) groups is 2. The van der Waals surface area contributed by atoms with Gasteiger partial charge in [0.25, 0.3) is 0 Å². The van der Waals surface area contributed by atoms with Crippen LogP contribution < -0.4 is 5.32 Å². The third-order valence-corrected chi connectivity index (χ3v) is 2.36. The van der Waals surface area contributed by atoms with Gasteiger partial charge in [0.1, 0.15) is 13.2 Å². The molecule has 6 nitrogen and oxygen atoms in total. The van der Waals surface area contributed by atoms with Crippen LogP contribution in [0.15, 0.2) is 0 Å². The van der Waals surface area contributed by atoms with E-state index in [2.05, 4.69) is 10.1 Å². The Bertz CT molecular complexity index is 237. The molecule has 1 heterocycles. The second kappa shape index (κ2) is 7.19. The minimum atomic E-state index is -1.07. The molecule has 0 spiro atoms. The zero-order chi connectivity index (χ0) is 11.8. The highest BCUT2D eigenvalue weighted by atomic mass is 16.5. The summed E-state index contributed by atoms with van der Waals surface area (Å²) in [6, 6.07) is 0. The van der Waals surface area contributed by atoms with Gasteiger partial charge in [0.05, 0.1) is 0 Å². The molecule has 1 rings (SSSR count). The van der Waals surface area contributed by atoms with Crippen molar-refractivity contribution in [2.45, 2.75) is 12.8 Å². The van der Waals surface area contributed by atoms with Gasteiger partial charge >= 0.3 is 5.97 Å². The second-order valence-corrected chi connectivity index (χ2v) is 3.75. The number of hydrogen-bond donors (Lipinski definition) is 2. The highest BCUT2D eigenvalue weighted by Gasteiger charge is 2.15. The van der Waals surface area contributed by atoms with Gasteiger partial charge in [-0.05, 0) is 18.8 Å².